The highest BCUT2D eigenvalue weighted by atomic mass is 16.1. The molecular formula is C11H11NO2. The molecule has 1 rings (SSSR count). The molecule has 14 heavy (non-hydrogen) atoms. The first-order valence-corrected chi connectivity index (χ1v) is 4.12. The van der Waals surface area contributed by atoms with Crippen molar-refractivity contribution in [2.75, 3.05) is 0 Å². The van der Waals surface area contributed by atoms with Gasteiger partial charge in [0.2, 0.25) is 5.91 Å². The van der Waals surface area contributed by atoms with Crippen LogP contribution in [-0.2, 0) is 4.79 Å². The summed E-state index contributed by atoms with van der Waals surface area (Å²) >= 11 is 0. The highest BCUT2D eigenvalue weighted by Crippen LogP contribution is 2.13. The molecule has 0 fully saturated rings. The maximum Gasteiger partial charge on any atom is 0.248 e. The van der Waals surface area contributed by atoms with E-state index in [9.17, 15) is 9.59 Å². The molecule has 1 aromatic rings. The maximum absolute atomic E-state index is 10.9. The fraction of sp³-hybridized carbons (Fsp3) is 0.0909. The van der Waals surface area contributed by atoms with Crippen LogP contribution in [0.25, 0.3) is 5.57 Å². The predicted octanol–water partition coefficient (Wildman–Crippen LogP) is 1.39. The number of Topliss-reactive ketones (excluding diaryl/α,β-unsaturated/α-hetero) is 1. The third-order valence-electron chi connectivity index (χ3n) is 1.94. The van der Waals surface area contributed by atoms with Crippen molar-refractivity contribution in [1.29, 1.82) is 0 Å². The van der Waals surface area contributed by atoms with E-state index in [1.807, 2.05) is 0 Å². The second-order valence-electron chi connectivity index (χ2n) is 2.98. The Hall–Kier alpha value is -1.90. The number of carbonyl (C=O) groups excluding carboxylic acids is 2. The van der Waals surface area contributed by atoms with Gasteiger partial charge in [0.1, 0.15) is 0 Å². The van der Waals surface area contributed by atoms with Crippen molar-refractivity contribution in [3.8, 4) is 0 Å². The lowest BCUT2D eigenvalue weighted by Gasteiger charge is -2.01. The number of rotatable bonds is 3. The lowest BCUT2D eigenvalue weighted by Crippen LogP contribution is -2.11. The van der Waals surface area contributed by atoms with E-state index in [2.05, 4.69) is 6.58 Å². The third-order valence-corrected chi connectivity index (χ3v) is 1.94. The molecule has 0 aliphatic carbocycles. The van der Waals surface area contributed by atoms with Gasteiger partial charge >= 0.3 is 0 Å². The number of amides is 1. The lowest BCUT2D eigenvalue weighted by atomic mass is 10.0. The maximum atomic E-state index is 10.9. The Morgan fingerprint density at radius 2 is 1.57 bits per heavy atom. The van der Waals surface area contributed by atoms with Crippen LogP contribution in [-0.4, -0.2) is 11.7 Å². The van der Waals surface area contributed by atoms with Gasteiger partial charge in [-0.3, -0.25) is 9.59 Å². The number of nitrogens with two attached hydrogens (primary N) is 1. The number of hydrogen-bond acceptors (Lipinski definition) is 2. The van der Waals surface area contributed by atoms with E-state index in [1.165, 1.54) is 6.92 Å². The lowest BCUT2D eigenvalue weighted by molar-refractivity contribution is -0.112. The SMILES string of the molecule is C=C(C(N)=O)c1ccc(C(C)=O)cc1. The summed E-state index contributed by atoms with van der Waals surface area (Å²) in [7, 11) is 0. The van der Waals surface area contributed by atoms with E-state index in [0.29, 0.717) is 11.1 Å². The highest BCUT2D eigenvalue weighted by molar-refractivity contribution is 6.17. The van der Waals surface area contributed by atoms with Crippen molar-refractivity contribution < 1.29 is 9.59 Å². The normalized spacial score (nSPS) is 9.50. The summed E-state index contributed by atoms with van der Waals surface area (Å²) < 4.78 is 0. The second-order valence-corrected chi connectivity index (χ2v) is 2.98. The third kappa shape index (κ3) is 2.07. The average Bonchev–Trinajstić information content (AvgIpc) is 2.16. The van der Waals surface area contributed by atoms with Crippen LogP contribution in [0.4, 0.5) is 0 Å². The number of hydrogen-bond donors (Lipinski definition) is 1. The zero-order valence-corrected chi connectivity index (χ0v) is 7.91. The summed E-state index contributed by atoms with van der Waals surface area (Å²) in [5.41, 5.74) is 6.55. The molecule has 0 saturated carbocycles. The number of benzene rings is 1. The molecule has 1 aromatic carbocycles. The molecule has 0 spiro atoms. The van der Waals surface area contributed by atoms with Gasteiger partial charge in [0.25, 0.3) is 0 Å². The van der Waals surface area contributed by atoms with Crippen molar-refractivity contribution in [3.63, 3.8) is 0 Å². The van der Waals surface area contributed by atoms with E-state index in [1.54, 1.807) is 24.3 Å². The summed E-state index contributed by atoms with van der Waals surface area (Å²) in [4.78, 5) is 21.7. The molecule has 0 heterocycles. The standard InChI is InChI=1S/C11H11NO2/c1-7(11(12)14)9-3-5-10(6-4-9)8(2)13/h3-6H,1H2,2H3,(H2,12,14). The van der Waals surface area contributed by atoms with Crippen LogP contribution in [0.2, 0.25) is 0 Å². The van der Waals surface area contributed by atoms with Gasteiger partial charge in [-0.1, -0.05) is 30.8 Å². The Morgan fingerprint density at radius 1 is 1.14 bits per heavy atom. The molecule has 0 bridgehead atoms. The first-order valence-electron chi connectivity index (χ1n) is 4.12. The van der Waals surface area contributed by atoms with Crippen LogP contribution in [0.3, 0.4) is 0 Å². The van der Waals surface area contributed by atoms with Gasteiger partial charge in [0.15, 0.2) is 5.78 Å². The summed E-state index contributed by atoms with van der Waals surface area (Å²) in [6.07, 6.45) is 0. The van der Waals surface area contributed by atoms with Crippen LogP contribution in [0.1, 0.15) is 22.8 Å². The van der Waals surface area contributed by atoms with Crippen LogP contribution >= 0.6 is 0 Å². The highest BCUT2D eigenvalue weighted by Gasteiger charge is 2.05. The van der Waals surface area contributed by atoms with E-state index in [0.717, 1.165) is 0 Å². The molecule has 0 unspecified atom stereocenters. The predicted molar refractivity (Wildman–Crippen MR) is 54.7 cm³/mol. The van der Waals surface area contributed by atoms with Gasteiger partial charge in [-0.05, 0) is 12.5 Å². The first-order chi connectivity index (χ1) is 6.52. The Balaban J connectivity index is 3.00. The van der Waals surface area contributed by atoms with Crippen LogP contribution < -0.4 is 5.73 Å². The minimum atomic E-state index is -0.555. The van der Waals surface area contributed by atoms with Crippen LogP contribution in [0, 0.1) is 0 Å². The summed E-state index contributed by atoms with van der Waals surface area (Å²) in [6.45, 7) is 5.02. The summed E-state index contributed by atoms with van der Waals surface area (Å²) in [5, 5.41) is 0. The number of primary amides is 1. The zero-order chi connectivity index (χ0) is 10.7. The summed E-state index contributed by atoms with van der Waals surface area (Å²) in [6, 6.07) is 6.60. The minimum absolute atomic E-state index is 0.0127. The van der Waals surface area contributed by atoms with Crippen molar-refractivity contribution in [1.82, 2.24) is 0 Å². The van der Waals surface area contributed by atoms with E-state index in [4.69, 9.17) is 5.73 Å². The van der Waals surface area contributed by atoms with Gasteiger partial charge < -0.3 is 5.73 Å². The van der Waals surface area contributed by atoms with E-state index in [-0.39, 0.29) is 11.4 Å². The molecular weight excluding hydrogens is 178 g/mol. The van der Waals surface area contributed by atoms with Crippen LogP contribution in [0.5, 0.6) is 0 Å². The van der Waals surface area contributed by atoms with Gasteiger partial charge in [0.05, 0.1) is 0 Å². The van der Waals surface area contributed by atoms with Crippen molar-refractivity contribution in [2.24, 2.45) is 5.73 Å². The molecule has 1 amide bonds. The average molecular weight is 189 g/mol. The van der Waals surface area contributed by atoms with Gasteiger partial charge in [0, 0.05) is 11.1 Å². The fourth-order valence-electron chi connectivity index (χ4n) is 1.05. The van der Waals surface area contributed by atoms with Gasteiger partial charge in [-0.2, -0.15) is 0 Å². The molecule has 0 aromatic heterocycles. The minimum Gasteiger partial charge on any atom is -0.366 e. The molecule has 0 atom stereocenters. The Labute approximate surface area is 82.2 Å². The Kier molecular flexibility index (Phi) is 2.82. The molecule has 0 aliphatic rings. The number of carbonyl (C=O) groups is 2. The quantitative estimate of drug-likeness (QED) is 0.577. The van der Waals surface area contributed by atoms with Crippen molar-refractivity contribution in [2.45, 2.75) is 6.92 Å². The molecule has 0 aliphatic heterocycles. The molecule has 72 valence electrons. The molecule has 3 heteroatoms. The van der Waals surface area contributed by atoms with E-state index >= 15 is 0 Å². The first kappa shape index (κ1) is 10.2. The van der Waals surface area contributed by atoms with Crippen LogP contribution in [0.15, 0.2) is 30.8 Å². The molecule has 2 N–H and O–H groups in total. The van der Waals surface area contributed by atoms with Crippen molar-refractivity contribution in [3.05, 3.63) is 42.0 Å². The van der Waals surface area contributed by atoms with Crippen molar-refractivity contribution >= 4 is 17.3 Å². The largest absolute Gasteiger partial charge is 0.366 e. The monoisotopic (exact) mass is 189 g/mol. The topological polar surface area (TPSA) is 60.2 Å². The fourth-order valence-corrected chi connectivity index (χ4v) is 1.05. The second kappa shape index (κ2) is 3.87. The molecule has 3 nitrogen and oxygen atoms in total. The van der Waals surface area contributed by atoms with Gasteiger partial charge in [-0.15, -0.1) is 0 Å². The number of ketones is 1. The Morgan fingerprint density at radius 3 is 1.93 bits per heavy atom. The smallest absolute Gasteiger partial charge is 0.248 e. The zero-order valence-electron chi connectivity index (χ0n) is 7.91. The molecule has 0 radical (unpaired) electrons. The Bertz CT molecular complexity index is 390. The van der Waals surface area contributed by atoms with E-state index < -0.39 is 5.91 Å². The molecule has 0 saturated heterocycles. The summed E-state index contributed by atoms with van der Waals surface area (Å²) in [5.74, 6) is -0.568. The van der Waals surface area contributed by atoms with Gasteiger partial charge in [-0.25, -0.2) is 0 Å².